The van der Waals surface area contributed by atoms with Gasteiger partial charge in [-0.25, -0.2) is 4.98 Å². The zero-order valence-corrected chi connectivity index (χ0v) is 7.15. The van der Waals surface area contributed by atoms with Gasteiger partial charge in [0.15, 0.2) is 0 Å². The molecule has 1 heterocycles. The first-order valence-electron chi connectivity index (χ1n) is 3.35. The van der Waals surface area contributed by atoms with E-state index in [1.807, 2.05) is 6.26 Å². The van der Waals surface area contributed by atoms with Gasteiger partial charge in [0, 0.05) is 11.8 Å². The minimum Gasteiger partial charge on any atom is -0.313 e. The lowest BCUT2D eigenvalue weighted by atomic mass is 10.3. The van der Waals surface area contributed by atoms with E-state index < -0.39 is 0 Å². The van der Waals surface area contributed by atoms with E-state index in [4.69, 9.17) is 0 Å². The number of aromatic amines is 1. The first-order chi connectivity index (χ1) is 5.34. The lowest BCUT2D eigenvalue weighted by molar-refractivity contribution is 1.01. The number of aromatic nitrogens is 2. The standard InChI is InChI=1S/C7H10N2OS/c1-11-3-2-6-4-8-5-9-7(6)10/h4-5H,2-3H2,1H3,(H,8,9,10). The number of thioether (sulfide) groups is 1. The van der Waals surface area contributed by atoms with Gasteiger partial charge < -0.3 is 4.98 Å². The molecule has 0 saturated heterocycles. The highest BCUT2D eigenvalue weighted by atomic mass is 32.2. The molecule has 1 aromatic rings. The summed E-state index contributed by atoms with van der Waals surface area (Å²) in [6.45, 7) is 0. The van der Waals surface area contributed by atoms with Gasteiger partial charge in [-0.2, -0.15) is 11.8 Å². The molecule has 1 N–H and O–H groups in total. The van der Waals surface area contributed by atoms with Gasteiger partial charge in [0.1, 0.15) is 0 Å². The predicted molar refractivity (Wildman–Crippen MR) is 46.9 cm³/mol. The first kappa shape index (κ1) is 8.33. The zero-order valence-electron chi connectivity index (χ0n) is 6.33. The second kappa shape index (κ2) is 4.18. The van der Waals surface area contributed by atoms with E-state index in [0.29, 0.717) is 0 Å². The molecule has 1 aromatic heterocycles. The molecule has 0 aliphatic rings. The highest BCUT2D eigenvalue weighted by Crippen LogP contribution is 1.96. The summed E-state index contributed by atoms with van der Waals surface area (Å²) in [4.78, 5) is 17.4. The number of H-pyrrole nitrogens is 1. The maximum absolute atomic E-state index is 11.0. The fourth-order valence-corrected chi connectivity index (χ4v) is 1.19. The molecule has 0 unspecified atom stereocenters. The topological polar surface area (TPSA) is 45.8 Å². The fraction of sp³-hybridized carbons (Fsp3) is 0.429. The van der Waals surface area contributed by atoms with Crippen LogP contribution in [0.1, 0.15) is 5.56 Å². The van der Waals surface area contributed by atoms with Gasteiger partial charge in [-0.3, -0.25) is 4.79 Å². The third kappa shape index (κ3) is 2.38. The Labute approximate surface area is 69.3 Å². The van der Waals surface area contributed by atoms with Gasteiger partial charge in [0.05, 0.1) is 6.33 Å². The summed E-state index contributed by atoms with van der Waals surface area (Å²) in [7, 11) is 0. The van der Waals surface area contributed by atoms with Crippen LogP contribution in [0, 0.1) is 0 Å². The third-order valence-corrected chi connectivity index (χ3v) is 1.98. The van der Waals surface area contributed by atoms with E-state index in [2.05, 4.69) is 9.97 Å². The van der Waals surface area contributed by atoms with E-state index in [1.165, 1.54) is 6.33 Å². The van der Waals surface area contributed by atoms with Crippen molar-refractivity contribution in [1.29, 1.82) is 0 Å². The molecule has 11 heavy (non-hydrogen) atoms. The summed E-state index contributed by atoms with van der Waals surface area (Å²) in [5.74, 6) is 0.967. The zero-order chi connectivity index (χ0) is 8.10. The minimum absolute atomic E-state index is 0.0194. The molecule has 3 nitrogen and oxygen atoms in total. The van der Waals surface area contributed by atoms with Crippen molar-refractivity contribution in [2.45, 2.75) is 6.42 Å². The van der Waals surface area contributed by atoms with Crippen molar-refractivity contribution in [2.75, 3.05) is 12.0 Å². The van der Waals surface area contributed by atoms with Crippen molar-refractivity contribution >= 4 is 11.8 Å². The van der Waals surface area contributed by atoms with Gasteiger partial charge in [-0.1, -0.05) is 0 Å². The molecule has 0 saturated carbocycles. The maximum Gasteiger partial charge on any atom is 0.253 e. The summed E-state index contributed by atoms with van der Waals surface area (Å²) < 4.78 is 0. The summed E-state index contributed by atoms with van der Waals surface area (Å²) in [6, 6.07) is 0. The molecule has 0 amide bonds. The Morgan fingerprint density at radius 3 is 3.18 bits per heavy atom. The lowest BCUT2D eigenvalue weighted by Crippen LogP contribution is -2.12. The van der Waals surface area contributed by atoms with Crippen molar-refractivity contribution < 1.29 is 0 Å². The molecule has 0 aromatic carbocycles. The average molecular weight is 170 g/mol. The predicted octanol–water partition coefficient (Wildman–Crippen LogP) is 0.675. The highest BCUT2D eigenvalue weighted by Gasteiger charge is 1.96. The molecular formula is C7H10N2OS. The second-order valence-corrected chi connectivity index (χ2v) is 3.13. The first-order valence-corrected chi connectivity index (χ1v) is 4.74. The van der Waals surface area contributed by atoms with Crippen LogP contribution in [0.5, 0.6) is 0 Å². The number of hydrogen-bond donors (Lipinski definition) is 1. The van der Waals surface area contributed by atoms with Crippen molar-refractivity contribution in [3.8, 4) is 0 Å². The summed E-state index contributed by atoms with van der Waals surface area (Å²) in [5.41, 5.74) is 0.746. The Hall–Kier alpha value is -0.770. The van der Waals surface area contributed by atoms with Gasteiger partial charge in [-0.05, 0) is 18.4 Å². The molecule has 4 heteroatoms. The molecular weight excluding hydrogens is 160 g/mol. The van der Waals surface area contributed by atoms with Crippen molar-refractivity contribution in [3.63, 3.8) is 0 Å². The monoisotopic (exact) mass is 170 g/mol. The van der Waals surface area contributed by atoms with E-state index in [1.54, 1.807) is 18.0 Å². The highest BCUT2D eigenvalue weighted by molar-refractivity contribution is 7.98. The molecule has 0 radical (unpaired) electrons. The number of aryl methyl sites for hydroxylation is 1. The van der Waals surface area contributed by atoms with Crippen LogP contribution in [-0.2, 0) is 6.42 Å². The summed E-state index contributed by atoms with van der Waals surface area (Å²) >= 11 is 1.72. The van der Waals surface area contributed by atoms with E-state index in [9.17, 15) is 4.79 Å². The van der Waals surface area contributed by atoms with Crippen LogP contribution in [-0.4, -0.2) is 22.0 Å². The Kier molecular flexibility index (Phi) is 3.16. The second-order valence-electron chi connectivity index (χ2n) is 2.15. The Balaban J connectivity index is 2.70. The molecule has 0 spiro atoms. The number of hydrogen-bond acceptors (Lipinski definition) is 3. The van der Waals surface area contributed by atoms with Crippen molar-refractivity contribution in [2.24, 2.45) is 0 Å². The molecule has 0 aliphatic heterocycles. The average Bonchev–Trinajstić information content (AvgIpc) is 2.03. The quantitative estimate of drug-likeness (QED) is 0.725. The minimum atomic E-state index is -0.0194. The maximum atomic E-state index is 11.0. The SMILES string of the molecule is CSCCc1cnc[nH]c1=O. The number of nitrogens with one attached hydrogen (secondary N) is 1. The molecule has 0 fully saturated rings. The van der Waals surface area contributed by atoms with Crippen LogP contribution in [0.2, 0.25) is 0 Å². The van der Waals surface area contributed by atoms with Crippen LogP contribution in [0.3, 0.4) is 0 Å². The van der Waals surface area contributed by atoms with Crippen molar-refractivity contribution in [1.82, 2.24) is 9.97 Å². The van der Waals surface area contributed by atoms with Crippen LogP contribution >= 0.6 is 11.8 Å². The van der Waals surface area contributed by atoms with E-state index in [0.717, 1.165) is 17.7 Å². The molecule has 0 bridgehead atoms. The Bertz CT molecular complexity index is 271. The van der Waals surface area contributed by atoms with Crippen LogP contribution in [0.25, 0.3) is 0 Å². The Morgan fingerprint density at radius 2 is 2.55 bits per heavy atom. The third-order valence-electron chi connectivity index (χ3n) is 1.37. The smallest absolute Gasteiger partial charge is 0.253 e. The van der Waals surface area contributed by atoms with Crippen LogP contribution in [0.15, 0.2) is 17.3 Å². The normalized spacial score (nSPS) is 9.91. The number of rotatable bonds is 3. The van der Waals surface area contributed by atoms with Crippen LogP contribution in [0.4, 0.5) is 0 Å². The van der Waals surface area contributed by atoms with Crippen molar-refractivity contribution in [3.05, 3.63) is 28.4 Å². The van der Waals surface area contributed by atoms with Crippen LogP contribution < -0.4 is 5.56 Å². The van der Waals surface area contributed by atoms with E-state index in [-0.39, 0.29) is 5.56 Å². The lowest BCUT2D eigenvalue weighted by Gasteiger charge is -1.94. The largest absolute Gasteiger partial charge is 0.313 e. The van der Waals surface area contributed by atoms with E-state index >= 15 is 0 Å². The Morgan fingerprint density at radius 1 is 1.73 bits per heavy atom. The van der Waals surface area contributed by atoms with Gasteiger partial charge in [-0.15, -0.1) is 0 Å². The molecule has 0 atom stereocenters. The molecule has 1 rings (SSSR count). The summed E-state index contributed by atoms with van der Waals surface area (Å²) in [6.07, 6.45) is 5.84. The van der Waals surface area contributed by atoms with Gasteiger partial charge in [0.25, 0.3) is 5.56 Å². The molecule has 60 valence electrons. The fourth-order valence-electron chi connectivity index (χ4n) is 0.765. The van der Waals surface area contributed by atoms with Gasteiger partial charge >= 0.3 is 0 Å². The molecule has 0 aliphatic carbocycles. The summed E-state index contributed by atoms with van der Waals surface area (Å²) in [5, 5.41) is 0. The number of nitrogens with zero attached hydrogens (tertiary/aromatic N) is 1. The van der Waals surface area contributed by atoms with Gasteiger partial charge in [0.2, 0.25) is 0 Å².